The first-order valence-corrected chi connectivity index (χ1v) is 13.0. The van der Waals surface area contributed by atoms with E-state index >= 15 is 0 Å². The van der Waals surface area contributed by atoms with E-state index in [1.807, 2.05) is 27.7 Å². The predicted molar refractivity (Wildman–Crippen MR) is 128 cm³/mol. The number of unbranched alkanes of at least 4 members (excludes halogenated alkanes) is 6. The van der Waals surface area contributed by atoms with Gasteiger partial charge in [0.2, 0.25) is 0 Å². The molecule has 0 aliphatic carbocycles. The molecule has 0 aliphatic rings. The second-order valence-electron chi connectivity index (χ2n) is 9.78. The zero-order valence-electron chi connectivity index (χ0n) is 22.1. The Balaban J connectivity index is 2.97. The van der Waals surface area contributed by atoms with Crippen LogP contribution in [-0.2, 0) is 33.0 Å². The number of ether oxygens (including phenoxy) is 3. The van der Waals surface area contributed by atoms with Gasteiger partial charge in [0, 0.05) is 0 Å². The predicted octanol–water partition coefficient (Wildman–Crippen LogP) is 9.32. The summed E-state index contributed by atoms with van der Waals surface area (Å²) in [5, 5.41) is 0. The molecule has 9 heteroatoms. The quantitative estimate of drug-likeness (QED) is 0.115. The molecule has 3 nitrogen and oxygen atoms in total. The van der Waals surface area contributed by atoms with E-state index in [0.717, 1.165) is 44.2 Å². The molecule has 0 heterocycles. The highest BCUT2D eigenvalue weighted by atomic mass is 19.4. The lowest BCUT2D eigenvalue weighted by Gasteiger charge is -2.28. The first kappa shape index (κ1) is 32.7. The summed E-state index contributed by atoms with van der Waals surface area (Å²) in [5.41, 5.74) is -2.64. The van der Waals surface area contributed by atoms with E-state index in [1.54, 1.807) is 0 Å². The number of rotatable bonds is 17. The summed E-state index contributed by atoms with van der Waals surface area (Å²) < 4.78 is 96.9. The number of aryl methyl sites for hydroxylation is 1. The van der Waals surface area contributed by atoms with Gasteiger partial charge in [-0.25, -0.2) is 0 Å². The molecule has 1 unspecified atom stereocenters. The molecule has 0 aliphatic heterocycles. The van der Waals surface area contributed by atoms with Gasteiger partial charge in [-0.3, -0.25) is 0 Å². The van der Waals surface area contributed by atoms with Crippen LogP contribution < -0.4 is 0 Å². The molecule has 1 aromatic rings. The Morgan fingerprint density at radius 3 is 1.56 bits per heavy atom. The summed E-state index contributed by atoms with van der Waals surface area (Å²) >= 11 is 0. The maximum absolute atomic E-state index is 13.2. The molecular weight excluding hydrogens is 486 g/mol. The van der Waals surface area contributed by atoms with E-state index in [4.69, 9.17) is 14.2 Å². The van der Waals surface area contributed by atoms with Crippen LogP contribution in [0.4, 0.5) is 26.3 Å². The van der Waals surface area contributed by atoms with Gasteiger partial charge in [0.05, 0.1) is 29.4 Å². The van der Waals surface area contributed by atoms with Crippen molar-refractivity contribution in [2.75, 3.05) is 0 Å². The van der Waals surface area contributed by atoms with Crippen molar-refractivity contribution in [2.24, 2.45) is 0 Å². The van der Waals surface area contributed by atoms with E-state index in [2.05, 4.69) is 6.92 Å². The molecule has 210 valence electrons. The summed E-state index contributed by atoms with van der Waals surface area (Å²) in [7, 11) is 0. The topological polar surface area (TPSA) is 27.7 Å². The van der Waals surface area contributed by atoms with Gasteiger partial charge in [0.1, 0.15) is 0 Å². The number of hydrogen-bond donors (Lipinski definition) is 0. The van der Waals surface area contributed by atoms with E-state index in [-0.39, 0.29) is 36.7 Å². The highest BCUT2D eigenvalue weighted by molar-refractivity contribution is 5.33. The maximum atomic E-state index is 13.2. The zero-order chi connectivity index (χ0) is 27.4. The third-order valence-corrected chi connectivity index (χ3v) is 5.60. The average Bonchev–Trinajstić information content (AvgIpc) is 2.74. The van der Waals surface area contributed by atoms with E-state index in [1.165, 1.54) is 12.8 Å². The van der Waals surface area contributed by atoms with Crippen LogP contribution in [0, 0.1) is 0 Å². The van der Waals surface area contributed by atoms with Crippen LogP contribution >= 0.6 is 0 Å². The molecule has 1 atom stereocenters. The Hall–Kier alpha value is -1.32. The SMILES string of the molecule is CCCCCCCCCC(CCc1cc(C(F)(F)F)cc(C(F)(F)F)c1)OC(OC(C)C)OC(C)C. The molecular formula is C27H42F6O3. The Morgan fingerprint density at radius 2 is 1.11 bits per heavy atom. The Morgan fingerprint density at radius 1 is 0.639 bits per heavy atom. The van der Waals surface area contributed by atoms with E-state index in [0.29, 0.717) is 6.42 Å². The first-order chi connectivity index (χ1) is 16.7. The number of halogens is 6. The lowest BCUT2D eigenvalue weighted by molar-refractivity contribution is -0.327. The highest BCUT2D eigenvalue weighted by Gasteiger charge is 2.37. The van der Waals surface area contributed by atoms with Crippen LogP contribution in [0.1, 0.15) is 109 Å². The molecule has 0 bridgehead atoms. The summed E-state index contributed by atoms with van der Waals surface area (Å²) in [5.74, 6) is 0. The minimum Gasteiger partial charge on any atom is -0.327 e. The van der Waals surface area contributed by atoms with Crippen LogP contribution in [0.3, 0.4) is 0 Å². The smallest absolute Gasteiger partial charge is 0.327 e. The average molecular weight is 529 g/mol. The van der Waals surface area contributed by atoms with Gasteiger partial charge in [-0.15, -0.1) is 0 Å². The molecule has 0 aromatic heterocycles. The molecule has 0 spiro atoms. The lowest BCUT2D eigenvalue weighted by Crippen LogP contribution is -2.32. The normalized spacial score (nSPS) is 13.8. The van der Waals surface area contributed by atoms with Gasteiger partial charge in [-0.1, -0.05) is 51.9 Å². The molecule has 0 saturated heterocycles. The van der Waals surface area contributed by atoms with Gasteiger partial charge in [-0.2, -0.15) is 26.3 Å². The Kier molecular flexibility index (Phi) is 14.4. The largest absolute Gasteiger partial charge is 0.416 e. The van der Waals surface area contributed by atoms with Crippen molar-refractivity contribution < 1.29 is 40.6 Å². The van der Waals surface area contributed by atoms with Crippen LogP contribution in [-0.4, -0.2) is 24.8 Å². The summed E-state index contributed by atoms with van der Waals surface area (Å²) in [6, 6.07) is 1.72. The van der Waals surface area contributed by atoms with Crippen molar-refractivity contribution in [3.05, 3.63) is 34.9 Å². The van der Waals surface area contributed by atoms with Crippen LogP contribution in [0.15, 0.2) is 18.2 Å². The van der Waals surface area contributed by atoms with Crippen molar-refractivity contribution in [3.63, 3.8) is 0 Å². The maximum Gasteiger partial charge on any atom is 0.416 e. The fourth-order valence-corrected chi connectivity index (χ4v) is 3.80. The second kappa shape index (κ2) is 15.8. The first-order valence-electron chi connectivity index (χ1n) is 13.0. The Labute approximate surface area is 211 Å². The molecule has 1 rings (SSSR count). The number of alkyl halides is 6. The van der Waals surface area contributed by atoms with Crippen LogP contribution in [0.2, 0.25) is 0 Å². The summed E-state index contributed by atoms with van der Waals surface area (Å²) in [4.78, 5) is 0. The standard InChI is InChI=1S/C27H42F6O3/c1-6-7-8-9-10-11-12-13-24(36-25(34-19(2)3)35-20(4)5)15-14-21-16-22(26(28,29)30)18-23(17-21)27(31,32)33/h16-20,24-25H,6-15H2,1-5H3. The van der Waals surface area contributed by atoms with Gasteiger partial charge in [0.25, 0.3) is 6.48 Å². The molecule has 36 heavy (non-hydrogen) atoms. The highest BCUT2D eigenvalue weighted by Crippen LogP contribution is 2.36. The van der Waals surface area contributed by atoms with Gasteiger partial charge < -0.3 is 14.2 Å². The summed E-state index contributed by atoms with van der Waals surface area (Å²) in [6.45, 7) is 8.49. The third-order valence-electron chi connectivity index (χ3n) is 5.60. The molecule has 1 aromatic carbocycles. The van der Waals surface area contributed by atoms with E-state index in [9.17, 15) is 26.3 Å². The molecule has 0 amide bonds. The van der Waals surface area contributed by atoms with Gasteiger partial charge >= 0.3 is 12.4 Å². The fraction of sp³-hybridized carbons (Fsp3) is 0.778. The lowest BCUT2D eigenvalue weighted by atomic mass is 9.98. The zero-order valence-corrected chi connectivity index (χ0v) is 22.1. The number of hydrogen-bond acceptors (Lipinski definition) is 3. The number of benzene rings is 1. The monoisotopic (exact) mass is 528 g/mol. The van der Waals surface area contributed by atoms with Crippen LogP contribution in [0.25, 0.3) is 0 Å². The van der Waals surface area contributed by atoms with Gasteiger partial charge in [0.15, 0.2) is 0 Å². The minimum atomic E-state index is -4.87. The van der Waals surface area contributed by atoms with Crippen molar-refractivity contribution in [1.29, 1.82) is 0 Å². The van der Waals surface area contributed by atoms with E-state index < -0.39 is 36.1 Å². The summed E-state index contributed by atoms with van der Waals surface area (Å²) in [6.07, 6.45) is -2.13. The molecule has 0 N–H and O–H groups in total. The minimum absolute atomic E-state index is 0.00421. The third kappa shape index (κ3) is 13.8. The second-order valence-corrected chi connectivity index (χ2v) is 9.78. The van der Waals surface area contributed by atoms with Crippen molar-refractivity contribution in [3.8, 4) is 0 Å². The van der Waals surface area contributed by atoms with Gasteiger partial charge in [-0.05, 0) is 70.7 Å². The molecule has 0 radical (unpaired) electrons. The van der Waals surface area contributed by atoms with Crippen molar-refractivity contribution >= 4 is 0 Å². The van der Waals surface area contributed by atoms with Crippen molar-refractivity contribution in [2.45, 2.75) is 136 Å². The van der Waals surface area contributed by atoms with Crippen LogP contribution in [0.5, 0.6) is 0 Å². The fourth-order valence-electron chi connectivity index (χ4n) is 3.80. The molecule has 0 saturated carbocycles. The Bertz CT molecular complexity index is 689. The molecule has 0 fully saturated rings. The van der Waals surface area contributed by atoms with Crippen molar-refractivity contribution in [1.82, 2.24) is 0 Å².